The summed E-state index contributed by atoms with van der Waals surface area (Å²) in [6.07, 6.45) is 0. The molecule has 1 nitrogen and oxygen atoms in total. The zero-order chi connectivity index (χ0) is 8.39. The molecule has 0 atom stereocenters. The van der Waals surface area contributed by atoms with Gasteiger partial charge < -0.3 is 0 Å². The number of aromatic nitrogens is 1. The maximum atomic E-state index is 12.7. The van der Waals surface area contributed by atoms with Crippen molar-refractivity contribution in [2.24, 2.45) is 0 Å². The minimum absolute atomic E-state index is 0.432. The second kappa shape index (κ2) is 3.03. The summed E-state index contributed by atoms with van der Waals surface area (Å²) in [4.78, 5) is 3.76. The van der Waals surface area contributed by atoms with Crippen LogP contribution >= 0.6 is 11.3 Å². The third-order valence-electron chi connectivity index (χ3n) is 1.53. The molecule has 0 saturated carbocycles. The Morgan fingerprint density at radius 3 is 2.83 bits per heavy atom. The van der Waals surface area contributed by atoms with Crippen LogP contribution in [0.4, 0.5) is 4.39 Å². The Balaban J connectivity index is 2.48. The van der Waals surface area contributed by atoms with Crippen LogP contribution in [0.1, 0.15) is 0 Å². The summed E-state index contributed by atoms with van der Waals surface area (Å²) in [5.74, 6) is -0.432. The van der Waals surface area contributed by atoms with Gasteiger partial charge in [0.15, 0.2) is 0 Å². The molecule has 2 heterocycles. The first kappa shape index (κ1) is 7.43. The van der Waals surface area contributed by atoms with E-state index in [1.165, 1.54) is 6.07 Å². The average Bonchev–Trinajstić information content (AvgIpc) is 2.56. The fraction of sp³-hybridized carbons (Fsp3) is 0. The van der Waals surface area contributed by atoms with Crippen molar-refractivity contribution >= 4 is 11.3 Å². The molecule has 0 unspecified atom stereocenters. The van der Waals surface area contributed by atoms with Gasteiger partial charge in [0.25, 0.3) is 0 Å². The van der Waals surface area contributed by atoms with Crippen molar-refractivity contribution < 1.29 is 4.39 Å². The standard InChI is InChI=1S/C9H6FNS/c10-9-3-1-2-8(11-9)7-4-5-12-6-7/h1-6H. The average molecular weight is 179 g/mol. The molecule has 3 heteroatoms. The summed E-state index contributed by atoms with van der Waals surface area (Å²) in [7, 11) is 0. The Morgan fingerprint density at radius 2 is 2.17 bits per heavy atom. The molecule has 0 N–H and O–H groups in total. The first-order valence-electron chi connectivity index (χ1n) is 3.51. The Kier molecular flexibility index (Phi) is 1.87. The monoisotopic (exact) mass is 179 g/mol. The summed E-state index contributed by atoms with van der Waals surface area (Å²) < 4.78 is 12.7. The highest BCUT2D eigenvalue weighted by Gasteiger charge is 1.99. The van der Waals surface area contributed by atoms with E-state index in [-0.39, 0.29) is 0 Å². The number of thiophene rings is 1. The molecule has 0 saturated heterocycles. The summed E-state index contributed by atoms with van der Waals surface area (Å²) >= 11 is 1.58. The first-order valence-corrected chi connectivity index (χ1v) is 4.46. The van der Waals surface area contributed by atoms with Gasteiger partial charge >= 0.3 is 0 Å². The van der Waals surface area contributed by atoms with Crippen LogP contribution in [-0.4, -0.2) is 4.98 Å². The predicted octanol–water partition coefficient (Wildman–Crippen LogP) is 2.95. The second-order valence-electron chi connectivity index (χ2n) is 2.36. The summed E-state index contributed by atoms with van der Waals surface area (Å²) in [6, 6.07) is 6.72. The van der Waals surface area contributed by atoms with Crippen LogP contribution in [0.25, 0.3) is 11.3 Å². The molecule has 0 spiro atoms. The van der Waals surface area contributed by atoms with Crippen LogP contribution in [0.3, 0.4) is 0 Å². The highest BCUT2D eigenvalue weighted by Crippen LogP contribution is 2.19. The molecular formula is C9H6FNS. The van der Waals surface area contributed by atoms with E-state index in [1.807, 2.05) is 16.8 Å². The lowest BCUT2D eigenvalue weighted by Gasteiger charge is -1.94. The van der Waals surface area contributed by atoms with E-state index in [0.29, 0.717) is 5.69 Å². The smallest absolute Gasteiger partial charge is 0.213 e. The number of hydrogen-bond acceptors (Lipinski definition) is 2. The molecule has 0 aliphatic rings. The molecule has 12 heavy (non-hydrogen) atoms. The Hall–Kier alpha value is -1.22. The van der Waals surface area contributed by atoms with Crippen molar-refractivity contribution in [2.75, 3.05) is 0 Å². The lowest BCUT2D eigenvalue weighted by atomic mass is 10.2. The third kappa shape index (κ3) is 1.36. The highest BCUT2D eigenvalue weighted by atomic mass is 32.1. The maximum Gasteiger partial charge on any atom is 0.213 e. The van der Waals surface area contributed by atoms with Crippen LogP contribution in [-0.2, 0) is 0 Å². The number of hydrogen-bond donors (Lipinski definition) is 0. The minimum atomic E-state index is -0.432. The van der Waals surface area contributed by atoms with E-state index in [1.54, 1.807) is 23.5 Å². The van der Waals surface area contributed by atoms with Crippen LogP contribution in [0.5, 0.6) is 0 Å². The molecule has 0 aliphatic heterocycles. The SMILES string of the molecule is Fc1cccc(-c2ccsc2)n1. The van der Waals surface area contributed by atoms with E-state index in [9.17, 15) is 4.39 Å². The Morgan fingerprint density at radius 1 is 1.25 bits per heavy atom. The zero-order valence-corrected chi connectivity index (χ0v) is 7.01. The number of pyridine rings is 1. The Bertz CT molecular complexity index is 370. The normalized spacial score (nSPS) is 10.1. The number of halogens is 1. The molecule has 0 radical (unpaired) electrons. The van der Waals surface area contributed by atoms with Gasteiger partial charge in [0.05, 0.1) is 5.69 Å². The van der Waals surface area contributed by atoms with Crippen molar-refractivity contribution in [3.05, 3.63) is 41.0 Å². The van der Waals surface area contributed by atoms with Crippen molar-refractivity contribution in [2.45, 2.75) is 0 Å². The molecule has 2 rings (SSSR count). The molecule has 0 fully saturated rings. The molecular weight excluding hydrogens is 173 g/mol. The van der Waals surface area contributed by atoms with E-state index in [4.69, 9.17) is 0 Å². The molecule has 60 valence electrons. The third-order valence-corrected chi connectivity index (χ3v) is 2.22. The van der Waals surface area contributed by atoms with Gasteiger partial charge in [0, 0.05) is 10.9 Å². The molecule has 0 aliphatic carbocycles. The molecule has 0 bridgehead atoms. The number of nitrogens with zero attached hydrogens (tertiary/aromatic N) is 1. The van der Waals surface area contributed by atoms with Gasteiger partial charge in [-0.3, -0.25) is 0 Å². The first-order chi connectivity index (χ1) is 5.86. The Labute approximate surface area is 73.5 Å². The second-order valence-corrected chi connectivity index (χ2v) is 3.14. The van der Waals surface area contributed by atoms with Gasteiger partial charge in [-0.2, -0.15) is 15.7 Å². The lowest BCUT2D eigenvalue weighted by molar-refractivity contribution is 0.585. The fourth-order valence-electron chi connectivity index (χ4n) is 0.979. The summed E-state index contributed by atoms with van der Waals surface area (Å²) in [5.41, 5.74) is 1.66. The van der Waals surface area contributed by atoms with E-state index in [2.05, 4.69) is 4.98 Å². The van der Waals surface area contributed by atoms with Crippen molar-refractivity contribution in [1.29, 1.82) is 0 Å². The lowest BCUT2D eigenvalue weighted by Crippen LogP contribution is -1.84. The number of rotatable bonds is 1. The quantitative estimate of drug-likeness (QED) is 0.613. The van der Waals surface area contributed by atoms with Crippen molar-refractivity contribution in [3.63, 3.8) is 0 Å². The molecule has 0 aromatic carbocycles. The van der Waals surface area contributed by atoms with Crippen LogP contribution in [0.2, 0.25) is 0 Å². The summed E-state index contributed by atoms with van der Waals surface area (Å²) in [5, 5.41) is 3.89. The summed E-state index contributed by atoms with van der Waals surface area (Å²) in [6.45, 7) is 0. The maximum absolute atomic E-state index is 12.7. The molecule has 0 amide bonds. The molecule has 2 aromatic rings. The van der Waals surface area contributed by atoms with E-state index >= 15 is 0 Å². The predicted molar refractivity (Wildman–Crippen MR) is 47.5 cm³/mol. The van der Waals surface area contributed by atoms with Gasteiger partial charge in [-0.05, 0) is 23.6 Å². The zero-order valence-electron chi connectivity index (χ0n) is 6.20. The minimum Gasteiger partial charge on any atom is -0.220 e. The van der Waals surface area contributed by atoms with Crippen LogP contribution in [0, 0.1) is 5.95 Å². The van der Waals surface area contributed by atoms with Crippen molar-refractivity contribution in [3.8, 4) is 11.3 Å². The highest BCUT2D eigenvalue weighted by molar-refractivity contribution is 7.08. The topological polar surface area (TPSA) is 12.9 Å². The van der Waals surface area contributed by atoms with E-state index < -0.39 is 5.95 Å². The van der Waals surface area contributed by atoms with Crippen LogP contribution in [0.15, 0.2) is 35.0 Å². The van der Waals surface area contributed by atoms with E-state index in [0.717, 1.165) is 5.56 Å². The van der Waals surface area contributed by atoms with Gasteiger partial charge in [-0.25, -0.2) is 4.98 Å². The van der Waals surface area contributed by atoms with Crippen LogP contribution < -0.4 is 0 Å². The van der Waals surface area contributed by atoms with Gasteiger partial charge in [0.1, 0.15) is 0 Å². The van der Waals surface area contributed by atoms with Gasteiger partial charge in [-0.15, -0.1) is 0 Å². The van der Waals surface area contributed by atoms with Gasteiger partial charge in [-0.1, -0.05) is 6.07 Å². The molecule has 2 aromatic heterocycles. The largest absolute Gasteiger partial charge is 0.220 e. The van der Waals surface area contributed by atoms with Gasteiger partial charge in [0.2, 0.25) is 5.95 Å². The van der Waals surface area contributed by atoms with Crippen molar-refractivity contribution in [1.82, 2.24) is 4.98 Å². The fourth-order valence-corrected chi connectivity index (χ4v) is 1.63.